The summed E-state index contributed by atoms with van der Waals surface area (Å²) in [5.41, 5.74) is 8.65. The second-order valence-electron chi connectivity index (χ2n) is 12.9. The molecule has 1 heterocycles. The monoisotopic (exact) mass is 705 g/mol. The highest BCUT2D eigenvalue weighted by Crippen LogP contribution is 2.47. The first-order chi connectivity index (χ1) is 22.9. The molecule has 0 aliphatic heterocycles. The molecule has 0 saturated heterocycles. The lowest BCUT2D eigenvalue weighted by Crippen LogP contribution is -2.63. The fraction of sp³-hybridized carbons (Fsp3) is 0.441. The minimum atomic E-state index is -4.77. The molecule has 49 heavy (non-hydrogen) atoms. The Hall–Kier alpha value is -4.53. The predicted molar refractivity (Wildman–Crippen MR) is 178 cm³/mol. The number of halogens is 4. The Morgan fingerprint density at radius 1 is 1.10 bits per heavy atom. The van der Waals surface area contributed by atoms with Crippen LogP contribution in [-0.2, 0) is 38.2 Å². The number of alkyl halides is 3. The summed E-state index contributed by atoms with van der Waals surface area (Å²) in [5, 5.41) is 16.0. The van der Waals surface area contributed by atoms with Crippen LogP contribution in [0.5, 0.6) is 0 Å². The van der Waals surface area contributed by atoms with Crippen molar-refractivity contribution in [3.05, 3.63) is 70.7 Å². The van der Waals surface area contributed by atoms with Crippen LogP contribution in [0.3, 0.4) is 0 Å². The van der Waals surface area contributed by atoms with Crippen molar-refractivity contribution in [2.45, 2.75) is 76.6 Å². The number of thiocarbonyl (C=S) groups is 1. The van der Waals surface area contributed by atoms with E-state index in [-0.39, 0.29) is 45.6 Å². The van der Waals surface area contributed by atoms with E-state index in [0.717, 1.165) is 6.07 Å². The summed E-state index contributed by atoms with van der Waals surface area (Å²) >= 11 is 5.09. The van der Waals surface area contributed by atoms with Crippen LogP contribution in [0.4, 0.5) is 17.6 Å². The zero-order valence-electron chi connectivity index (χ0n) is 27.1. The number of carboxylic acid groups (broad SMARTS) is 1. The molecule has 2 aromatic carbocycles. The minimum Gasteiger partial charge on any atom is -0.479 e. The Morgan fingerprint density at radius 3 is 2.35 bits per heavy atom. The Morgan fingerprint density at radius 2 is 1.78 bits per heavy atom. The number of primary amides is 1. The Balaban J connectivity index is 1.81. The molecule has 6 atom stereocenters. The molecule has 3 amide bonds. The maximum absolute atomic E-state index is 14.3. The summed E-state index contributed by atoms with van der Waals surface area (Å²) in [5.74, 6) is -7.88. The zero-order valence-corrected chi connectivity index (χ0v) is 27.9. The minimum absolute atomic E-state index is 0.0402. The molecule has 1 aromatic heterocycles. The van der Waals surface area contributed by atoms with Crippen LogP contribution in [-0.4, -0.2) is 50.4 Å². The summed E-state index contributed by atoms with van der Waals surface area (Å²) in [4.78, 5) is 56.1. The number of carbonyl (C=O) groups is 4. The van der Waals surface area contributed by atoms with E-state index < -0.39 is 89.3 Å². The number of carboxylic acids is 1. The quantitative estimate of drug-likeness (QED) is 0.112. The number of fused-ring (bicyclic) bond motifs is 3. The van der Waals surface area contributed by atoms with E-state index in [0.29, 0.717) is 6.42 Å². The van der Waals surface area contributed by atoms with Crippen molar-refractivity contribution in [3.63, 3.8) is 0 Å². The van der Waals surface area contributed by atoms with E-state index in [9.17, 15) is 41.8 Å². The second kappa shape index (κ2) is 14.5. The molecular formula is C34H39F4N5O5S. The van der Waals surface area contributed by atoms with Crippen LogP contribution < -0.4 is 22.1 Å². The Bertz CT molecular complexity index is 1780. The largest absolute Gasteiger partial charge is 0.479 e. The summed E-state index contributed by atoms with van der Waals surface area (Å²) in [6.07, 6.45) is -5.71. The second-order valence-corrected chi connectivity index (χ2v) is 13.3. The van der Waals surface area contributed by atoms with E-state index in [1.165, 1.54) is 30.3 Å². The lowest BCUT2D eigenvalue weighted by Gasteiger charge is -2.41. The van der Waals surface area contributed by atoms with Gasteiger partial charge in [0.1, 0.15) is 17.4 Å². The number of carbonyl (C=O) groups excluding carboxylic acids is 3. The van der Waals surface area contributed by atoms with Crippen molar-refractivity contribution >= 4 is 51.8 Å². The van der Waals surface area contributed by atoms with Gasteiger partial charge in [0.15, 0.2) is 0 Å². The number of H-pyrrole nitrogens is 1. The van der Waals surface area contributed by atoms with E-state index in [4.69, 9.17) is 23.7 Å². The summed E-state index contributed by atoms with van der Waals surface area (Å²) in [7, 11) is 0. The SMILES string of the molecule is CCC(C)C(NC(=O)Cc1ccccc1F)C(=O)N[C@@]1(C(=O)O)Cc2c([nH]c3c(C(F)(F)F)cccc23)C(C(CC(C)C(N)=S)C(N)=O)C1. The number of aliphatic carboxylic acids is 1. The van der Waals surface area contributed by atoms with Crippen molar-refractivity contribution in [1.82, 2.24) is 15.6 Å². The number of para-hydroxylation sites is 1. The number of aromatic nitrogens is 1. The molecule has 0 radical (unpaired) electrons. The summed E-state index contributed by atoms with van der Waals surface area (Å²) < 4.78 is 56.6. The third kappa shape index (κ3) is 7.87. The van der Waals surface area contributed by atoms with Crippen LogP contribution in [0.1, 0.15) is 68.3 Å². The van der Waals surface area contributed by atoms with Crippen LogP contribution in [0.25, 0.3) is 10.9 Å². The van der Waals surface area contributed by atoms with Crippen LogP contribution in [0, 0.1) is 23.6 Å². The number of nitrogens with two attached hydrogens (primary N) is 2. The molecule has 0 fully saturated rings. The number of hydrogen-bond donors (Lipinski definition) is 6. The lowest BCUT2D eigenvalue weighted by molar-refractivity contribution is -0.150. The van der Waals surface area contributed by atoms with Gasteiger partial charge in [0.25, 0.3) is 0 Å². The van der Waals surface area contributed by atoms with Crippen molar-refractivity contribution in [3.8, 4) is 0 Å². The molecule has 1 aliphatic rings. The topological polar surface area (TPSA) is 180 Å². The number of rotatable bonds is 13. The Labute approximate surface area is 285 Å². The molecule has 1 aliphatic carbocycles. The first-order valence-electron chi connectivity index (χ1n) is 15.8. The molecule has 0 saturated carbocycles. The first kappa shape index (κ1) is 37.3. The van der Waals surface area contributed by atoms with Crippen molar-refractivity contribution in [1.29, 1.82) is 0 Å². The van der Waals surface area contributed by atoms with E-state index >= 15 is 0 Å². The summed E-state index contributed by atoms with van der Waals surface area (Å²) in [6, 6.07) is 7.84. The van der Waals surface area contributed by atoms with Gasteiger partial charge in [-0.05, 0) is 42.0 Å². The molecule has 0 bridgehead atoms. The van der Waals surface area contributed by atoms with Gasteiger partial charge in [-0.1, -0.05) is 69.7 Å². The Kier molecular flexibility index (Phi) is 11.1. The normalized spacial score (nSPS) is 20.0. The molecular weight excluding hydrogens is 666 g/mol. The third-order valence-corrected chi connectivity index (χ3v) is 9.94. The third-order valence-electron chi connectivity index (χ3n) is 9.53. The van der Waals surface area contributed by atoms with E-state index in [1.54, 1.807) is 26.8 Å². The molecule has 0 spiro atoms. The molecule has 10 nitrogen and oxygen atoms in total. The number of hydrogen-bond acceptors (Lipinski definition) is 5. The van der Waals surface area contributed by atoms with Gasteiger partial charge in [0.2, 0.25) is 17.7 Å². The van der Waals surface area contributed by atoms with Gasteiger partial charge < -0.3 is 32.2 Å². The number of nitrogens with one attached hydrogen (secondary N) is 3. The smallest absolute Gasteiger partial charge is 0.418 e. The van der Waals surface area contributed by atoms with Gasteiger partial charge in [0.05, 0.1) is 22.5 Å². The average Bonchev–Trinajstić information content (AvgIpc) is 3.40. The number of aromatic amines is 1. The zero-order chi connectivity index (χ0) is 36.4. The highest BCUT2D eigenvalue weighted by Gasteiger charge is 2.52. The predicted octanol–water partition coefficient (Wildman–Crippen LogP) is 4.48. The van der Waals surface area contributed by atoms with Gasteiger partial charge in [-0.15, -0.1) is 0 Å². The van der Waals surface area contributed by atoms with Gasteiger partial charge >= 0.3 is 12.1 Å². The molecule has 3 aromatic rings. The maximum Gasteiger partial charge on any atom is 0.418 e. The summed E-state index contributed by atoms with van der Waals surface area (Å²) in [6.45, 7) is 5.07. The van der Waals surface area contributed by atoms with Gasteiger partial charge in [0, 0.05) is 35.3 Å². The van der Waals surface area contributed by atoms with Crippen molar-refractivity contribution in [2.75, 3.05) is 0 Å². The van der Waals surface area contributed by atoms with Gasteiger partial charge in [-0.2, -0.15) is 13.2 Å². The fourth-order valence-corrected chi connectivity index (χ4v) is 6.67. The standard InChI is InChI=1S/C34H39F4N5O5S/c1-4-16(2)26(41-25(44)13-18-8-5-6-11-24(18)35)31(46)43-33(32(47)48)14-21-19-9-7-10-23(34(36,37)38)28(19)42-27(21)22(15-33)20(29(39)45)12-17(3)30(40)49/h5-11,16-17,20,22,26,42H,4,12-15H2,1-3H3,(H2,39,45)(H2,40,49)(H,41,44)(H,43,46)(H,47,48)/t16?,17?,20?,22?,26?,33-/m0/s1. The lowest BCUT2D eigenvalue weighted by atomic mass is 9.68. The molecule has 15 heteroatoms. The van der Waals surface area contributed by atoms with Gasteiger partial charge in [-0.3, -0.25) is 14.4 Å². The van der Waals surface area contributed by atoms with Crippen LogP contribution in [0.2, 0.25) is 0 Å². The molecule has 5 unspecified atom stereocenters. The highest BCUT2D eigenvalue weighted by atomic mass is 32.1. The molecule has 4 rings (SSSR count). The average molecular weight is 706 g/mol. The highest BCUT2D eigenvalue weighted by molar-refractivity contribution is 7.80. The number of amides is 3. The number of benzene rings is 2. The maximum atomic E-state index is 14.3. The van der Waals surface area contributed by atoms with Crippen molar-refractivity contribution < 1.29 is 41.8 Å². The van der Waals surface area contributed by atoms with Gasteiger partial charge in [-0.25, -0.2) is 9.18 Å². The molecule has 264 valence electrons. The fourth-order valence-electron chi connectivity index (χ4n) is 6.57. The van der Waals surface area contributed by atoms with Crippen molar-refractivity contribution in [2.24, 2.45) is 29.2 Å². The van der Waals surface area contributed by atoms with Crippen LogP contribution >= 0.6 is 12.2 Å². The molecule has 8 N–H and O–H groups in total. The first-order valence-corrected chi connectivity index (χ1v) is 16.2. The van der Waals surface area contributed by atoms with E-state index in [2.05, 4.69) is 15.6 Å². The van der Waals surface area contributed by atoms with Crippen LogP contribution in [0.15, 0.2) is 42.5 Å². The van der Waals surface area contributed by atoms with E-state index in [1.807, 2.05) is 0 Å².